The molecule has 4 atom stereocenters. The van der Waals surface area contributed by atoms with Crippen LogP contribution in [-0.4, -0.2) is 56.7 Å². The molecule has 1 heterocycles. The van der Waals surface area contributed by atoms with E-state index in [1.165, 1.54) is 29.2 Å². The van der Waals surface area contributed by atoms with Crippen LogP contribution in [0.5, 0.6) is 0 Å². The van der Waals surface area contributed by atoms with Gasteiger partial charge in [-0.05, 0) is 74.1 Å². The van der Waals surface area contributed by atoms with E-state index in [1.807, 2.05) is 25.1 Å². The first-order chi connectivity index (χ1) is 20.6. The van der Waals surface area contributed by atoms with Gasteiger partial charge in [-0.15, -0.1) is 0 Å². The lowest BCUT2D eigenvalue weighted by Gasteiger charge is -2.54. The highest BCUT2D eigenvalue weighted by Crippen LogP contribution is 2.61. The van der Waals surface area contributed by atoms with Crippen molar-refractivity contribution in [3.63, 3.8) is 0 Å². The highest BCUT2D eigenvalue weighted by molar-refractivity contribution is 7.91. The second-order valence-corrected chi connectivity index (χ2v) is 13.7. The number of rotatable bonds is 12. The molecule has 0 bridgehead atoms. The smallest absolute Gasteiger partial charge is 0.308 e. The number of carboxylic acid groups (broad SMARTS) is 1. The second kappa shape index (κ2) is 12.4. The molecular formula is C34H41FN2O6S. The topological polar surface area (TPSA) is 141 Å². The lowest BCUT2D eigenvalue weighted by Crippen LogP contribution is -2.69. The van der Waals surface area contributed by atoms with Crippen LogP contribution in [0.4, 0.5) is 4.39 Å². The summed E-state index contributed by atoms with van der Waals surface area (Å²) in [6.45, 7) is 7.02. The number of carboxylic acids is 1. The molecule has 0 spiro atoms. The molecule has 10 heteroatoms. The Labute approximate surface area is 258 Å². The molecule has 44 heavy (non-hydrogen) atoms. The Balaban J connectivity index is 2.28. The van der Waals surface area contributed by atoms with Gasteiger partial charge in [-0.1, -0.05) is 74.0 Å². The fraction of sp³-hybridized carbons (Fsp3) is 0.382. The van der Waals surface area contributed by atoms with Crippen LogP contribution in [-0.2, 0) is 21.2 Å². The standard InChI is InChI=1S/C34H41FN2O6S/c1-5-28(38)21-33(41,22-29(39)40)37-31(26-16-18-27(35)19-17-26)30(25-14-12-23(3)13-15-25)34(44(36,42)43,32(37,4)6-2)20-24-10-8-7-9-11-24/h7-19,28,38,41H,5-6,20-22H2,1-4H3,(H,39,40)(H2,36,42,43). The summed E-state index contributed by atoms with van der Waals surface area (Å²) in [4.78, 5) is 13.8. The Kier molecular flexibility index (Phi) is 9.42. The molecule has 236 valence electrons. The van der Waals surface area contributed by atoms with Crippen LogP contribution in [0.3, 0.4) is 0 Å². The van der Waals surface area contributed by atoms with Crippen LogP contribution in [0.15, 0.2) is 78.9 Å². The molecule has 3 aromatic carbocycles. The Morgan fingerprint density at radius 3 is 2.07 bits per heavy atom. The third-order valence-corrected chi connectivity index (χ3v) is 10.8. The van der Waals surface area contributed by atoms with Gasteiger partial charge in [0.2, 0.25) is 10.0 Å². The molecule has 4 rings (SSSR count). The number of aliphatic hydroxyl groups is 2. The summed E-state index contributed by atoms with van der Waals surface area (Å²) >= 11 is 0. The molecule has 0 radical (unpaired) electrons. The van der Waals surface area contributed by atoms with Gasteiger partial charge >= 0.3 is 5.97 Å². The highest BCUT2D eigenvalue weighted by Gasteiger charge is 2.69. The number of aliphatic hydroxyl groups excluding tert-OH is 1. The van der Waals surface area contributed by atoms with Crippen LogP contribution < -0.4 is 5.14 Å². The number of nitrogens with two attached hydrogens (primary N) is 1. The van der Waals surface area contributed by atoms with Crippen molar-refractivity contribution >= 4 is 27.3 Å². The van der Waals surface area contributed by atoms with Gasteiger partial charge in [-0.3, -0.25) is 4.79 Å². The molecule has 0 fully saturated rings. The average Bonchev–Trinajstić information content (AvgIpc) is 3.20. The zero-order chi connectivity index (χ0) is 32.5. The lowest BCUT2D eigenvalue weighted by atomic mass is 9.73. The van der Waals surface area contributed by atoms with E-state index >= 15 is 0 Å². The molecule has 0 aromatic heterocycles. The van der Waals surface area contributed by atoms with Gasteiger partial charge in [-0.25, -0.2) is 17.9 Å². The minimum atomic E-state index is -4.59. The van der Waals surface area contributed by atoms with E-state index in [9.17, 15) is 32.9 Å². The zero-order valence-electron chi connectivity index (χ0n) is 25.5. The number of aryl methyl sites for hydroxylation is 1. The number of carbonyl (C=O) groups is 1. The molecule has 1 aliphatic rings. The van der Waals surface area contributed by atoms with Crippen molar-refractivity contribution in [3.8, 4) is 0 Å². The quantitative estimate of drug-likeness (QED) is 0.220. The maximum Gasteiger partial charge on any atom is 0.308 e. The van der Waals surface area contributed by atoms with Gasteiger partial charge in [0.25, 0.3) is 0 Å². The zero-order valence-corrected chi connectivity index (χ0v) is 26.3. The van der Waals surface area contributed by atoms with Crippen LogP contribution >= 0.6 is 0 Å². The maximum absolute atomic E-state index is 14.4. The Morgan fingerprint density at radius 2 is 1.57 bits per heavy atom. The van der Waals surface area contributed by atoms with Gasteiger partial charge in [0.05, 0.1) is 23.8 Å². The molecule has 4 unspecified atom stereocenters. The van der Waals surface area contributed by atoms with Crippen LogP contribution in [0, 0.1) is 12.7 Å². The predicted octanol–water partition coefficient (Wildman–Crippen LogP) is 5.08. The third-order valence-electron chi connectivity index (χ3n) is 9.04. The molecule has 3 aromatic rings. The maximum atomic E-state index is 14.4. The number of benzene rings is 3. The van der Waals surface area contributed by atoms with Crippen molar-refractivity contribution in [3.05, 3.63) is 107 Å². The summed E-state index contributed by atoms with van der Waals surface area (Å²) in [6.07, 6.45) is -2.15. The summed E-state index contributed by atoms with van der Waals surface area (Å²) in [6, 6.07) is 21.6. The summed E-state index contributed by atoms with van der Waals surface area (Å²) in [5, 5.41) is 39.8. The molecule has 0 aliphatic carbocycles. The SMILES string of the molecule is CCC(O)CC(O)(CC(=O)O)N1C(c2ccc(F)cc2)=C(c2ccc(C)cc2)C(Cc2ccccc2)(S(N)(=O)=O)C1(C)CC. The van der Waals surface area contributed by atoms with Crippen molar-refractivity contribution in [2.75, 3.05) is 0 Å². The van der Waals surface area contributed by atoms with Crippen molar-refractivity contribution in [1.29, 1.82) is 0 Å². The number of primary sulfonamides is 1. The number of halogens is 1. The molecule has 5 N–H and O–H groups in total. The number of aliphatic carboxylic acids is 1. The van der Waals surface area contributed by atoms with Crippen LogP contribution in [0.25, 0.3) is 11.3 Å². The van der Waals surface area contributed by atoms with Gasteiger partial charge < -0.3 is 20.2 Å². The summed E-state index contributed by atoms with van der Waals surface area (Å²) < 4.78 is 41.2. The highest BCUT2D eigenvalue weighted by atomic mass is 32.2. The third kappa shape index (κ3) is 5.79. The monoisotopic (exact) mass is 624 g/mol. The Bertz CT molecular complexity index is 1630. The largest absolute Gasteiger partial charge is 0.481 e. The minimum absolute atomic E-state index is 0.0977. The predicted molar refractivity (Wildman–Crippen MR) is 169 cm³/mol. The van der Waals surface area contributed by atoms with E-state index in [2.05, 4.69) is 0 Å². The molecule has 0 saturated heterocycles. The summed E-state index contributed by atoms with van der Waals surface area (Å²) in [5.41, 5.74) is -0.965. The molecule has 0 saturated carbocycles. The fourth-order valence-electron chi connectivity index (χ4n) is 6.80. The van der Waals surface area contributed by atoms with Crippen molar-refractivity contribution in [2.45, 2.75) is 81.9 Å². The lowest BCUT2D eigenvalue weighted by molar-refractivity contribution is -0.169. The number of hydrogen-bond acceptors (Lipinski definition) is 6. The molecular weight excluding hydrogens is 583 g/mol. The van der Waals surface area contributed by atoms with Crippen molar-refractivity contribution in [2.24, 2.45) is 5.14 Å². The van der Waals surface area contributed by atoms with Crippen LogP contribution in [0.2, 0.25) is 0 Å². The van der Waals surface area contributed by atoms with E-state index in [0.29, 0.717) is 16.7 Å². The number of hydrogen-bond donors (Lipinski definition) is 4. The average molecular weight is 625 g/mol. The van der Waals surface area contributed by atoms with Gasteiger partial charge in [-0.2, -0.15) is 0 Å². The van der Waals surface area contributed by atoms with Crippen molar-refractivity contribution < 1.29 is 32.9 Å². The Hall–Kier alpha value is -3.57. The molecule has 8 nitrogen and oxygen atoms in total. The first-order valence-electron chi connectivity index (χ1n) is 14.7. The summed E-state index contributed by atoms with van der Waals surface area (Å²) in [5.74, 6) is -1.88. The number of sulfonamides is 1. The van der Waals surface area contributed by atoms with E-state index in [-0.39, 0.29) is 30.5 Å². The second-order valence-electron chi connectivity index (χ2n) is 11.9. The van der Waals surface area contributed by atoms with Gasteiger partial charge in [0.1, 0.15) is 10.6 Å². The van der Waals surface area contributed by atoms with E-state index in [4.69, 9.17) is 5.14 Å². The van der Waals surface area contributed by atoms with E-state index < -0.39 is 56.8 Å². The van der Waals surface area contributed by atoms with Crippen LogP contribution in [0.1, 0.15) is 68.7 Å². The normalized spacial score (nSPS) is 22.6. The first kappa shape index (κ1) is 33.3. The van der Waals surface area contributed by atoms with Gasteiger partial charge in [0, 0.05) is 12.0 Å². The molecule has 0 amide bonds. The fourth-order valence-corrected chi connectivity index (χ4v) is 8.52. The van der Waals surface area contributed by atoms with Gasteiger partial charge in [0.15, 0.2) is 5.72 Å². The van der Waals surface area contributed by atoms with Crippen molar-refractivity contribution in [1.82, 2.24) is 4.90 Å². The molecule has 1 aliphatic heterocycles. The number of nitrogens with zero attached hydrogens (tertiary/aromatic N) is 1. The summed E-state index contributed by atoms with van der Waals surface area (Å²) in [7, 11) is -4.59. The minimum Gasteiger partial charge on any atom is -0.481 e. The first-order valence-corrected chi connectivity index (χ1v) is 16.2. The van der Waals surface area contributed by atoms with E-state index in [0.717, 1.165) is 5.56 Å². The Morgan fingerprint density at radius 1 is 1.00 bits per heavy atom. The van der Waals surface area contributed by atoms with E-state index in [1.54, 1.807) is 57.2 Å².